The number of halogens is 1. The van der Waals surface area contributed by atoms with Gasteiger partial charge >= 0.3 is 0 Å². The topological polar surface area (TPSA) is 82.3 Å². The van der Waals surface area contributed by atoms with Gasteiger partial charge in [-0.05, 0) is 65.2 Å². The van der Waals surface area contributed by atoms with Gasteiger partial charge < -0.3 is 15.2 Å². The lowest BCUT2D eigenvalue weighted by molar-refractivity contribution is -0.112. The molecule has 0 aliphatic carbocycles. The maximum atomic E-state index is 14.1. The molecule has 0 aliphatic rings. The van der Waals surface area contributed by atoms with Crippen molar-refractivity contribution in [3.8, 4) is 17.6 Å². The average Bonchev–Trinajstić information content (AvgIpc) is 2.75. The van der Waals surface area contributed by atoms with E-state index in [4.69, 9.17) is 4.74 Å². The predicted octanol–water partition coefficient (Wildman–Crippen LogP) is 4.68. The number of phenolic OH excluding ortho intramolecular Hbond substituents is 1. The number of hydrogen-bond acceptors (Lipinski definition) is 4. The van der Waals surface area contributed by atoms with E-state index < -0.39 is 5.91 Å². The van der Waals surface area contributed by atoms with Crippen molar-refractivity contribution >= 4 is 17.7 Å². The zero-order valence-corrected chi connectivity index (χ0v) is 16.2. The summed E-state index contributed by atoms with van der Waals surface area (Å²) >= 11 is 0. The van der Waals surface area contributed by atoms with Crippen molar-refractivity contribution in [1.29, 1.82) is 5.26 Å². The highest BCUT2D eigenvalue weighted by molar-refractivity contribution is 6.09. The summed E-state index contributed by atoms with van der Waals surface area (Å²) < 4.78 is 19.4. The summed E-state index contributed by atoms with van der Waals surface area (Å²) in [5.74, 6) is -0.262. The number of benzene rings is 3. The molecule has 0 spiro atoms. The molecule has 1 amide bonds. The highest BCUT2D eigenvalue weighted by atomic mass is 19.1. The number of nitrogens with one attached hydrogen (secondary N) is 1. The van der Waals surface area contributed by atoms with Gasteiger partial charge in [0.15, 0.2) is 0 Å². The maximum absolute atomic E-state index is 14.1. The van der Waals surface area contributed by atoms with Crippen LogP contribution in [0.5, 0.6) is 11.5 Å². The van der Waals surface area contributed by atoms with E-state index in [9.17, 15) is 19.6 Å². The van der Waals surface area contributed by atoms with E-state index in [1.165, 1.54) is 43.5 Å². The van der Waals surface area contributed by atoms with E-state index in [1.807, 2.05) is 6.07 Å². The quantitative estimate of drug-likeness (QED) is 0.356. The van der Waals surface area contributed by atoms with Gasteiger partial charge in [0.1, 0.15) is 29.0 Å². The molecule has 3 rings (SSSR count). The van der Waals surface area contributed by atoms with E-state index >= 15 is 0 Å². The molecule has 3 aromatic carbocycles. The number of aromatic hydroxyl groups is 1. The van der Waals surface area contributed by atoms with Crippen LogP contribution in [0.3, 0.4) is 0 Å². The first kappa shape index (κ1) is 20.6. The second-order valence-electron chi connectivity index (χ2n) is 6.50. The number of rotatable bonds is 6. The number of amides is 1. The first-order valence-corrected chi connectivity index (χ1v) is 9.12. The van der Waals surface area contributed by atoms with Crippen LogP contribution < -0.4 is 10.1 Å². The molecule has 0 aliphatic heterocycles. The normalized spacial score (nSPS) is 10.9. The van der Waals surface area contributed by atoms with Crippen molar-refractivity contribution in [3.05, 3.63) is 94.8 Å². The molecule has 0 heterocycles. The van der Waals surface area contributed by atoms with Gasteiger partial charge in [0, 0.05) is 12.1 Å². The van der Waals surface area contributed by atoms with Gasteiger partial charge in [-0.3, -0.25) is 4.79 Å². The summed E-state index contributed by atoms with van der Waals surface area (Å²) in [6.07, 6.45) is 1.74. The molecular formula is C24H19FN2O3. The van der Waals surface area contributed by atoms with Crippen molar-refractivity contribution < 1.29 is 19.0 Å². The summed E-state index contributed by atoms with van der Waals surface area (Å²) in [6, 6.07) is 19.5. The van der Waals surface area contributed by atoms with E-state index in [0.717, 1.165) is 0 Å². The van der Waals surface area contributed by atoms with Crippen LogP contribution in [0.25, 0.3) is 6.08 Å². The number of nitriles is 1. The standard InChI is InChI=1S/C24H19FN2O3/c1-30-22-11-6-16(18(14-22)13-17-4-2-3-5-23(17)25)12-19(15-26)24(29)27-20-7-9-21(28)10-8-20/h2-12,14,28H,13H2,1H3,(H,27,29)/b19-12+. The van der Waals surface area contributed by atoms with Gasteiger partial charge in [0.05, 0.1) is 7.11 Å². The molecule has 0 bridgehead atoms. The molecule has 0 radical (unpaired) electrons. The van der Waals surface area contributed by atoms with Crippen LogP contribution in [0.4, 0.5) is 10.1 Å². The first-order chi connectivity index (χ1) is 14.5. The molecule has 0 atom stereocenters. The Morgan fingerprint density at radius 1 is 1.13 bits per heavy atom. The van der Waals surface area contributed by atoms with E-state index in [0.29, 0.717) is 28.1 Å². The summed E-state index contributed by atoms with van der Waals surface area (Å²) in [5.41, 5.74) is 2.15. The van der Waals surface area contributed by atoms with Gasteiger partial charge in [0.2, 0.25) is 0 Å². The molecular weight excluding hydrogens is 383 g/mol. The highest BCUT2D eigenvalue weighted by Crippen LogP contribution is 2.24. The molecule has 6 heteroatoms. The largest absolute Gasteiger partial charge is 0.508 e. The Morgan fingerprint density at radius 3 is 2.53 bits per heavy atom. The summed E-state index contributed by atoms with van der Waals surface area (Å²) in [7, 11) is 1.53. The summed E-state index contributed by atoms with van der Waals surface area (Å²) in [5, 5.41) is 21.5. The predicted molar refractivity (Wildman–Crippen MR) is 113 cm³/mol. The molecule has 0 saturated carbocycles. The van der Waals surface area contributed by atoms with Gasteiger partial charge in [0.25, 0.3) is 5.91 Å². The van der Waals surface area contributed by atoms with Crippen molar-refractivity contribution in [3.63, 3.8) is 0 Å². The average molecular weight is 402 g/mol. The Hall–Kier alpha value is -4.11. The lowest BCUT2D eigenvalue weighted by Crippen LogP contribution is -2.13. The van der Waals surface area contributed by atoms with Gasteiger partial charge in [-0.15, -0.1) is 0 Å². The van der Waals surface area contributed by atoms with Crippen LogP contribution in [-0.4, -0.2) is 18.1 Å². The van der Waals surface area contributed by atoms with Crippen molar-refractivity contribution in [2.45, 2.75) is 6.42 Å². The summed E-state index contributed by atoms with van der Waals surface area (Å²) in [4.78, 5) is 12.5. The molecule has 30 heavy (non-hydrogen) atoms. The number of methoxy groups -OCH3 is 1. The fourth-order valence-electron chi connectivity index (χ4n) is 2.90. The van der Waals surface area contributed by atoms with E-state index in [1.54, 1.807) is 36.4 Å². The Labute approximate surface area is 173 Å². The smallest absolute Gasteiger partial charge is 0.266 e. The van der Waals surface area contributed by atoms with Crippen LogP contribution in [0.1, 0.15) is 16.7 Å². The molecule has 0 aromatic heterocycles. The monoisotopic (exact) mass is 402 g/mol. The van der Waals surface area contributed by atoms with E-state index in [-0.39, 0.29) is 23.6 Å². The fourth-order valence-corrected chi connectivity index (χ4v) is 2.90. The Bertz CT molecular complexity index is 1130. The van der Waals surface area contributed by atoms with Crippen molar-refractivity contribution in [1.82, 2.24) is 0 Å². The SMILES string of the molecule is COc1ccc(/C=C(\C#N)C(=O)Nc2ccc(O)cc2)c(Cc2ccccc2F)c1. The molecule has 0 unspecified atom stereocenters. The number of hydrogen-bond donors (Lipinski definition) is 2. The van der Waals surface area contributed by atoms with Crippen LogP contribution in [0.2, 0.25) is 0 Å². The lowest BCUT2D eigenvalue weighted by atomic mass is 9.97. The molecule has 0 saturated heterocycles. The minimum atomic E-state index is -0.587. The molecule has 2 N–H and O–H groups in total. The third kappa shape index (κ3) is 5.03. The maximum Gasteiger partial charge on any atom is 0.266 e. The third-order valence-electron chi connectivity index (χ3n) is 4.48. The molecule has 150 valence electrons. The van der Waals surface area contributed by atoms with Gasteiger partial charge in [-0.1, -0.05) is 24.3 Å². The third-order valence-corrected chi connectivity index (χ3v) is 4.48. The molecule has 0 fully saturated rings. The zero-order valence-electron chi connectivity index (χ0n) is 16.2. The second kappa shape index (κ2) is 9.39. The Morgan fingerprint density at radius 2 is 1.87 bits per heavy atom. The molecule has 3 aromatic rings. The van der Waals surface area contributed by atoms with Crippen LogP contribution in [-0.2, 0) is 11.2 Å². The van der Waals surface area contributed by atoms with Crippen LogP contribution in [0, 0.1) is 17.1 Å². The van der Waals surface area contributed by atoms with Crippen LogP contribution >= 0.6 is 0 Å². The number of nitrogens with zero attached hydrogens (tertiary/aromatic N) is 1. The second-order valence-corrected chi connectivity index (χ2v) is 6.50. The minimum absolute atomic E-state index is 0.0695. The first-order valence-electron chi connectivity index (χ1n) is 9.12. The minimum Gasteiger partial charge on any atom is -0.508 e. The van der Waals surface area contributed by atoms with Gasteiger partial charge in [-0.25, -0.2) is 4.39 Å². The van der Waals surface area contributed by atoms with Crippen molar-refractivity contribution in [2.24, 2.45) is 0 Å². The lowest BCUT2D eigenvalue weighted by Gasteiger charge is -2.11. The highest BCUT2D eigenvalue weighted by Gasteiger charge is 2.13. The number of phenols is 1. The fraction of sp³-hybridized carbons (Fsp3) is 0.0833. The Kier molecular flexibility index (Phi) is 6.46. The van der Waals surface area contributed by atoms with Crippen LogP contribution in [0.15, 0.2) is 72.3 Å². The Balaban J connectivity index is 1.93. The number of carbonyl (C=O) groups excluding carboxylic acids is 1. The van der Waals surface area contributed by atoms with E-state index in [2.05, 4.69) is 5.32 Å². The van der Waals surface area contributed by atoms with Gasteiger partial charge in [-0.2, -0.15) is 5.26 Å². The van der Waals surface area contributed by atoms with Crippen molar-refractivity contribution in [2.75, 3.05) is 12.4 Å². The molecule has 5 nitrogen and oxygen atoms in total. The number of carbonyl (C=O) groups is 1. The summed E-state index contributed by atoms with van der Waals surface area (Å²) in [6.45, 7) is 0. The number of anilines is 1. The number of ether oxygens (including phenoxy) is 1. The zero-order chi connectivity index (χ0) is 21.5.